The van der Waals surface area contributed by atoms with Crippen LogP contribution in [-0.2, 0) is 0 Å². The second-order valence-electron chi connectivity index (χ2n) is 8.03. The lowest BCUT2D eigenvalue weighted by Crippen LogP contribution is -2.41. The summed E-state index contributed by atoms with van der Waals surface area (Å²) in [6.45, 7) is 11.9. The number of hydrogen-bond donors (Lipinski definition) is 1. The van der Waals surface area contributed by atoms with Crippen LogP contribution in [0.2, 0.25) is 0 Å². The summed E-state index contributed by atoms with van der Waals surface area (Å²) in [6, 6.07) is 0.0418. The zero-order valence-electron chi connectivity index (χ0n) is 16.5. The Hall–Kier alpha value is -2.11. The van der Waals surface area contributed by atoms with Crippen LogP contribution in [0.5, 0.6) is 0 Å². The van der Waals surface area contributed by atoms with E-state index in [9.17, 15) is 14.4 Å². The third-order valence-electron chi connectivity index (χ3n) is 4.86. The fourth-order valence-electron chi connectivity index (χ4n) is 2.98. The van der Waals surface area contributed by atoms with E-state index < -0.39 is 11.3 Å². The SMILES string of the molecule is CC(C)CNC(=O)c1cn(C(C)C)cc(C(=O)N2CCC(C)CC2)c1=O. The van der Waals surface area contributed by atoms with Crippen molar-refractivity contribution < 1.29 is 9.59 Å². The van der Waals surface area contributed by atoms with Crippen LogP contribution < -0.4 is 10.7 Å². The van der Waals surface area contributed by atoms with Crippen LogP contribution in [0.3, 0.4) is 0 Å². The van der Waals surface area contributed by atoms with E-state index in [-0.39, 0.29) is 29.0 Å². The third-order valence-corrected chi connectivity index (χ3v) is 4.86. The molecular formula is C20H31N3O3. The number of rotatable bonds is 5. The fourth-order valence-corrected chi connectivity index (χ4v) is 2.98. The van der Waals surface area contributed by atoms with Crippen molar-refractivity contribution in [2.24, 2.45) is 11.8 Å². The predicted molar refractivity (Wildman–Crippen MR) is 103 cm³/mol. The summed E-state index contributed by atoms with van der Waals surface area (Å²) in [6.07, 6.45) is 5.03. The van der Waals surface area contributed by atoms with Crippen LogP contribution in [-0.4, -0.2) is 40.9 Å². The Bertz CT molecular complexity index is 714. The molecule has 1 N–H and O–H groups in total. The van der Waals surface area contributed by atoms with E-state index >= 15 is 0 Å². The van der Waals surface area contributed by atoms with Crippen LogP contribution in [0.4, 0.5) is 0 Å². The van der Waals surface area contributed by atoms with Crippen molar-refractivity contribution in [1.82, 2.24) is 14.8 Å². The lowest BCUT2D eigenvalue weighted by Gasteiger charge is -2.30. The molecule has 0 bridgehead atoms. The molecule has 2 amide bonds. The molecule has 1 aliphatic heterocycles. The molecule has 0 aromatic carbocycles. The summed E-state index contributed by atoms with van der Waals surface area (Å²) in [7, 11) is 0. The summed E-state index contributed by atoms with van der Waals surface area (Å²) >= 11 is 0. The summed E-state index contributed by atoms with van der Waals surface area (Å²) in [5, 5.41) is 2.78. The molecule has 2 heterocycles. The Morgan fingerprint density at radius 1 is 1.12 bits per heavy atom. The quantitative estimate of drug-likeness (QED) is 0.876. The fraction of sp³-hybridized carbons (Fsp3) is 0.650. The molecule has 1 saturated heterocycles. The summed E-state index contributed by atoms with van der Waals surface area (Å²) in [4.78, 5) is 40.0. The van der Waals surface area contributed by atoms with Gasteiger partial charge < -0.3 is 14.8 Å². The molecule has 0 aliphatic carbocycles. The zero-order valence-corrected chi connectivity index (χ0v) is 16.5. The minimum atomic E-state index is -0.480. The first-order chi connectivity index (χ1) is 12.2. The lowest BCUT2D eigenvalue weighted by atomic mass is 9.98. The molecule has 1 aliphatic rings. The van der Waals surface area contributed by atoms with E-state index in [1.54, 1.807) is 21.9 Å². The van der Waals surface area contributed by atoms with Gasteiger partial charge in [-0.1, -0.05) is 20.8 Å². The van der Waals surface area contributed by atoms with Gasteiger partial charge in [-0.3, -0.25) is 14.4 Å². The second kappa shape index (κ2) is 8.52. The molecule has 0 atom stereocenters. The average Bonchev–Trinajstić information content (AvgIpc) is 2.59. The van der Waals surface area contributed by atoms with Gasteiger partial charge in [-0.2, -0.15) is 0 Å². The van der Waals surface area contributed by atoms with Crippen LogP contribution in [0, 0.1) is 11.8 Å². The van der Waals surface area contributed by atoms with E-state index in [4.69, 9.17) is 0 Å². The highest BCUT2D eigenvalue weighted by Gasteiger charge is 2.26. The van der Waals surface area contributed by atoms with Gasteiger partial charge >= 0.3 is 0 Å². The smallest absolute Gasteiger partial charge is 0.259 e. The molecule has 1 aromatic rings. The highest BCUT2D eigenvalue weighted by atomic mass is 16.2. The van der Waals surface area contributed by atoms with Gasteiger partial charge in [0.15, 0.2) is 0 Å². The molecule has 144 valence electrons. The molecule has 0 unspecified atom stereocenters. The topological polar surface area (TPSA) is 71.4 Å². The maximum atomic E-state index is 12.9. The first kappa shape index (κ1) is 20.2. The Balaban J connectivity index is 2.37. The second-order valence-corrected chi connectivity index (χ2v) is 8.03. The van der Waals surface area contributed by atoms with Gasteiger partial charge in [0.1, 0.15) is 11.1 Å². The number of nitrogens with one attached hydrogen (secondary N) is 1. The average molecular weight is 361 g/mol. The van der Waals surface area contributed by atoms with Gasteiger partial charge in [-0.05, 0) is 38.5 Å². The molecule has 1 aromatic heterocycles. The molecule has 2 rings (SSSR count). The summed E-state index contributed by atoms with van der Waals surface area (Å²) < 4.78 is 1.77. The summed E-state index contributed by atoms with van der Waals surface area (Å²) in [5.74, 6) is 0.195. The Morgan fingerprint density at radius 2 is 1.69 bits per heavy atom. The maximum Gasteiger partial charge on any atom is 0.259 e. The number of aromatic nitrogens is 1. The van der Waals surface area contributed by atoms with Crippen LogP contribution >= 0.6 is 0 Å². The van der Waals surface area contributed by atoms with E-state index in [0.717, 1.165) is 12.8 Å². The van der Waals surface area contributed by atoms with Crippen molar-refractivity contribution in [1.29, 1.82) is 0 Å². The van der Waals surface area contributed by atoms with Gasteiger partial charge in [0.05, 0.1) is 0 Å². The van der Waals surface area contributed by atoms with Crippen LogP contribution in [0.1, 0.15) is 74.2 Å². The molecule has 1 fully saturated rings. The molecular weight excluding hydrogens is 330 g/mol. The first-order valence-electron chi connectivity index (χ1n) is 9.54. The number of likely N-dealkylation sites (tertiary alicyclic amines) is 1. The van der Waals surface area contributed by atoms with E-state index in [2.05, 4.69) is 12.2 Å². The number of carbonyl (C=O) groups is 2. The molecule has 6 nitrogen and oxygen atoms in total. The first-order valence-corrected chi connectivity index (χ1v) is 9.54. The van der Waals surface area contributed by atoms with Crippen LogP contribution in [0.25, 0.3) is 0 Å². The van der Waals surface area contributed by atoms with Gasteiger partial charge in [0, 0.05) is 38.1 Å². The van der Waals surface area contributed by atoms with Crippen molar-refractivity contribution >= 4 is 11.8 Å². The predicted octanol–water partition coefficient (Wildman–Crippen LogP) is 2.69. The number of pyridine rings is 1. The molecule has 0 saturated carbocycles. The Morgan fingerprint density at radius 3 is 2.23 bits per heavy atom. The van der Waals surface area contributed by atoms with Gasteiger partial charge in [-0.25, -0.2) is 0 Å². The Labute approximate surface area is 155 Å². The highest BCUT2D eigenvalue weighted by molar-refractivity contribution is 5.99. The van der Waals surface area contributed by atoms with Crippen molar-refractivity contribution in [3.05, 3.63) is 33.7 Å². The number of hydrogen-bond acceptors (Lipinski definition) is 3. The molecule has 6 heteroatoms. The van der Waals surface area contributed by atoms with Gasteiger partial charge in [0.2, 0.25) is 5.43 Å². The number of amides is 2. The van der Waals surface area contributed by atoms with E-state index in [0.29, 0.717) is 25.6 Å². The number of carbonyl (C=O) groups excluding carboxylic acids is 2. The van der Waals surface area contributed by atoms with Gasteiger partial charge in [0.25, 0.3) is 11.8 Å². The van der Waals surface area contributed by atoms with Crippen molar-refractivity contribution in [2.45, 2.75) is 53.5 Å². The molecule has 26 heavy (non-hydrogen) atoms. The maximum absolute atomic E-state index is 12.9. The van der Waals surface area contributed by atoms with Crippen molar-refractivity contribution in [3.8, 4) is 0 Å². The van der Waals surface area contributed by atoms with Crippen molar-refractivity contribution in [2.75, 3.05) is 19.6 Å². The van der Waals surface area contributed by atoms with E-state index in [1.807, 2.05) is 27.7 Å². The van der Waals surface area contributed by atoms with Crippen molar-refractivity contribution in [3.63, 3.8) is 0 Å². The minimum absolute atomic E-state index is 0.0376. The standard InChI is InChI=1S/C20H31N3O3/c1-13(2)10-21-19(25)16-11-23(14(3)4)12-17(18(16)24)20(26)22-8-6-15(5)7-9-22/h11-15H,6-10H2,1-5H3,(H,21,25). The summed E-state index contributed by atoms with van der Waals surface area (Å²) in [5.41, 5.74) is -0.354. The molecule has 0 spiro atoms. The lowest BCUT2D eigenvalue weighted by molar-refractivity contribution is 0.0695. The minimum Gasteiger partial charge on any atom is -0.352 e. The Kier molecular flexibility index (Phi) is 6.62. The number of nitrogens with zero attached hydrogens (tertiary/aromatic N) is 2. The normalized spacial score (nSPS) is 15.6. The highest BCUT2D eigenvalue weighted by Crippen LogP contribution is 2.18. The third kappa shape index (κ3) is 4.74. The van der Waals surface area contributed by atoms with Crippen LogP contribution in [0.15, 0.2) is 17.2 Å². The number of piperidine rings is 1. The van der Waals surface area contributed by atoms with E-state index in [1.165, 1.54) is 0 Å². The largest absolute Gasteiger partial charge is 0.352 e. The zero-order chi connectivity index (χ0) is 19.4. The van der Waals surface area contributed by atoms with Gasteiger partial charge in [-0.15, -0.1) is 0 Å². The monoisotopic (exact) mass is 361 g/mol. The molecule has 0 radical (unpaired) electrons.